The third kappa shape index (κ3) is 2.67. The Kier molecular flexibility index (Phi) is 3.80. The maximum atomic E-state index is 6.21. The average molecular weight is 339 g/mol. The molecule has 0 N–H and O–H groups in total. The van der Waals surface area contributed by atoms with Crippen LogP contribution in [-0.4, -0.2) is 28.1 Å². The Labute approximate surface area is 140 Å². The molecule has 1 aromatic heterocycles. The second kappa shape index (κ2) is 5.27. The molecule has 0 aliphatic carbocycles. The fraction of sp³-hybridized carbons (Fsp3) is 0.400. The zero-order valence-corrected chi connectivity index (χ0v) is 14.4. The Morgan fingerprint density at radius 1 is 1.09 bits per heavy atom. The molecule has 1 aromatic carbocycles. The third-order valence-corrected chi connectivity index (χ3v) is 4.84. The number of hydrogen-bond donors (Lipinski definition) is 0. The van der Waals surface area contributed by atoms with E-state index in [1.807, 2.05) is 33.9 Å². The van der Waals surface area contributed by atoms with Gasteiger partial charge in [-0.2, -0.15) is 5.10 Å². The predicted octanol–water partition coefficient (Wildman–Crippen LogP) is 3.48. The fourth-order valence-electron chi connectivity index (χ4n) is 2.23. The van der Waals surface area contributed by atoms with E-state index in [1.165, 1.54) is 0 Å². The monoisotopic (exact) mass is 338 g/mol. The molecule has 0 atom stereocenters. The van der Waals surface area contributed by atoms with Crippen molar-refractivity contribution >= 4 is 35.8 Å². The molecule has 22 heavy (non-hydrogen) atoms. The van der Waals surface area contributed by atoms with Crippen molar-refractivity contribution in [2.24, 2.45) is 0 Å². The van der Waals surface area contributed by atoms with E-state index < -0.39 is 7.12 Å². The van der Waals surface area contributed by atoms with E-state index in [-0.39, 0.29) is 11.2 Å². The second-order valence-electron chi connectivity index (χ2n) is 6.40. The van der Waals surface area contributed by atoms with Gasteiger partial charge in [0.2, 0.25) is 0 Å². The minimum absolute atomic E-state index is 0.381. The van der Waals surface area contributed by atoms with Gasteiger partial charge < -0.3 is 9.31 Å². The lowest BCUT2D eigenvalue weighted by Crippen LogP contribution is -2.41. The van der Waals surface area contributed by atoms with Crippen molar-refractivity contribution in [3.05, 3.63) is 40.6 Å². The zero-order chi connectivity index (χ0) is 16.1. The topological polar surface area (TPSA) is 36.3 Å². The summed E-state index contributed by atoms with van der Waals surface area (Å²) in [5.41, 5.74) is 0.799. The highest BCUT2D eigenvalue weighted by Crippen LogP contribution is 2.36. The van der Waals surface area contributed by atoms with Crippen LogP contribution in [0.3, 0.4) is 0 Å². The van der Waals surface area contributed by atoms with E-state index in [0.29, 0.717) is 10.0 Å². The Morgan fingerprint density at radius 3 is 2.36 bits per heavy atom. The van der Waals surface area contributed by atoms with Crippen LogP contribution in [0.25, 0.3) is 5.69 Å². The van der Waals surface area contributed by atoms with Crippen molar-refractivity contribution in [3.8, 4) is 5.69 Å². The maximum absolute atomic E-state index is 6.21. The van der Waals surface area contributed by atoms with Crippen LogP contribution in [0.15, 0.2) is 30.6 Å². The number of rotatable bonds is 2. The van der Waals surface area contributed by atoms with Crippen LogP contribution >= 0.6 is 23.2 Å². The standard InChI is InChI=1S/C15H17BCl2N2O2/c1-14(2)15(3,4)22-16(21-14)10-8-19-20(9-10)13-7-11(17)5-6-12(13)18/h5-9H,1-4H3. The molecule has 0 spiro atoms. The zero-order valence-electron chi connectivity index (χ0n) is 12.9. The van der Waals surface area contributed by atoms with E-state index in [2.05, 4.69) is 5.10 Å². The van der Waals surface area contributed by atoms with Gasteiger partial charge in [0.15, 0.2) is 0 Å². The quantitative estimate of drug-likeness (QED) is 0.786. The SMILES string of the molecule is CC1(C)OB(c2cnn(-c3cc(Cl)ccc3Cl)c2)OC1(C)C. The van der Waals surface area contributed by atoms with Crippen LogP contribution in [0, 0.1) is 0 Å². The molecule has 1 fully saturated rings. The Balaban J connectivity index is 1.91. The molecule has 1 aliphatic heterocycles. The first kappa shape index (κ1) is 15.9. The highest BCUT2D eigenvalue weighted by molar-refractivity contribution is 6.62. The first-order valence-electron chi connectivity index (χ1n) is 7.05. The Hall–Kier alpha value is -1.01. The van der Waals surface area contributed by atoms with E-state index in [4.69, 9.17) is 32.5 Å². The van der Waals surface area contributed by atoms with Crippen molar-refractivity contribution < 1.29 is 9.31 Å². The highest BCUT2D eigenvalue weighted by Gasteiger charge is 2.52. The lowest BCUT2D eigenvalue weighted by atomic mass is 9.82. The van der Waals surface area contributed by atoms with Gasteiger partial charge in [-0.05, 0) is 45.9 Å². The molecular formula is C15H17BCl2N2O2. The molecule has 0 amide bonds. The van der Waals surface area contributed by atoms with E-state index >= 15 is 0 Å². The van der Waals surface area contributed by atoms with Crippen LogP contribution in [0.1, 0.15) is 27.7 Å². The van der Waals surface area contributed by atoms with Crippen LogP contribution in [0.5, 0.6) is 0 Å². The molecule has 0 radical (unpaired) electrons. The minimum Gasteiger partial charge on any atom is -0.399 e. The summed E-state index contributed by atoms with van der Waals surface area (Å²) in [7, 11) is -0.447. The van der Waals surface area contributed by atoms with Crippen LogP contribution < -0.4 is 5.46 Å². The largest absolute Gasteiger partial charge is 0.498 e. The van der Waals surface area contributed by atoms with Crippen molar-refractivity contribution in [2.45, 2.75) is 38.9 Å². The molecule has 4 nitrogen and oxygen atoms in total. The molecule has 1 aliphatic rings. The number of halogens is 2. The molecule has 116 valence electrons. The first-order chi connectivity index (χ1) is 10.2. The van der Waals surface area contributed by atoms with Gasteiger partial charge in [-0.15, -0.1) is 0 Å². The Morgan fingerprint density at radius 2 is 1.73 bits per heavy atom. The lowest BCUT2D eigenvalue weighted by molar-refractivity contribution is 0.00578. The lowest BCUT2D eigenvalue weighted by Gasteiger charge is -2.32. The summed E-state index contributed by atoms with van der Waals surface area (Å²) in [6, 6.07) is 5.26. The molecule has 0 unspecified atom stereocenters. The van der Waals surface area contributed by atoms with Gasteiger partial charge >= 0.3 is 7.12 Å². The van der Waals surface area contributed by atoms with Crippen molar-refractivity contribution in [1.82, 2.24) is 9.78 Å². The molecule has 2 heterocycles. The van der Waals surface area contributed by atoms with Crippen molar-refractivity contribution in [3.63, 3.8) is 0 Å². The van der Waals surface area contributed by atoms with Gasteiger partial charge in [-0.1, -0.05) is 23.2 Å². The Bertz CT molecular complexity index is 699. The van der Waals surface area contributed by atoms with Crippen LogP contribution in [0.2, 0.25) is 10.0 Å². The highest BCUT2D eigenvalue weighted by atomic mass is 35.5. The van der Waals surface area contributed by atoms with Crippen LogP contribution in [0.4, 0.5) is 0 Å². The normalized spacial score (nSPS) is 19.6. The fourth-order valence-corrected chi connectivity index (χ4v) is 2.60. The average Bonchev–Trinajstić information content (AvgIpc) is 2.96. The van der Waals surface area contributed by atoms with Crippen LogP contribution in [-0.2, 0) is 9.31 Å². The smallest absolute Gasteiger partial charge is 0.399 e. The van der Waals surface area contributed by atoms with Crippen molar-refractivity contribution in [1.29, 1.82) is 0 Å². The van der Waals surface area contributed by atoms with E-state index in [9.17, 15) is 0 Å². The second-order valence-corrected chi connectivity index (χ2v) is 7.25. The maximum Gasteiger partial charge on any atom is 0.498 e. The molecular weight excluding hydrogens is 322 g/mol. The van der Waals surface area contributed by atoms with Gasteiger partial charge in [0.1, 0.15) is 0 Å². The minimum atomic E-state index is -0.447. The summed E-state index contributed by atoms with van der Waals surface area (Å²) in [6.45, 7) is 8.08. The number of aromatic nitrogens is 2. The molecule has 2 aromatic rings. The summed E-state index contributed by atoms with van der Waals surface area (Å²) in [4.78, 5) is 0. The number of hydrogen-bond acceptors (Lipinski definition) is 3. The van der Waals surface area contributed by atoms with Gasteiger partial charge in [-0.3, -0.25) is 0 Å². The summed E-state index contributed by atoms with van der Waals surface area (Å²) in [6.07, 6.45) is 3.57. The van der Waals surface area contributed by atoms with Gasteiger partial charge in [-0.25, -0.2) is 4.68 Å². The third-order valence-electron chi connectivity index (χ3n) is 4.28. The van der Waals surface area contributed by atoms with E-state index in [1.54, 1.807) is 29.1 Å². The summed E-state index contributed by atoms with van der Waals surface area (Å²) >= 11 is 12.2. The van der Waals surface area contributed by atoms with Gasteiger partial charge in [0.25, 0.3) is 0 Å². The summed E-state index contributed by atoms with van der Waals surface area (Å²) in [5, 5.41) is 5.52. The van der Waals surface area contributed by atoms with Gasteiger partial charge in [0, 0.05) is 22.9 Å². The summed E-state index contributed by atoms with van der Waals surface area (Å²) in [5.74, 6) is 0. The number of nitrogens with zero attached hydrogens (tertiary/aromatic N) is 2. The van der Waals surface area contributed by atoms with Crippen molar-refractivity contribution in [2.75, 3.05) is 0 Å². The molecule has 0 bridgehead atoms. The summed E-state index contributed by atoms with van der Waals surface area (Å²) < 4.78 is 13.7. The van der Waals surface area contributed by atoms with Gasteiger partial charge in [0.05, 0.1) is 21.9 Å². The molecule has 7 heteroatoms. The molecule has 1 saturated heterocycles. The first-order valence-corrected chi connectivity index (χ1v) is 7.81. The predicted molar refractivity (Wildman–Crippen MR) is 89.3 cm³/mol. The molecule has 3 rings (SSSR count). The van der Waals surface area contributed by atoms with E-state index in [0.717, 1.165) is 11.2 Å². The molecule has 0 saturated carbocycles. The number of benzene rings is 1.